The molecule has 8 heteroatoms. The Morgan fingerprint density at radius 2 is 1.28 bits per heavy atom. The van der Waals surface area contributed by atoms with Crippen molar-refractivity contribution in [1.82, 2.24) is 4.72 Å². The van der Waals surface area contributed by atoms with Crippen molar-refractivity contribution in [3.8, 4) is 0 Å². The first-order chi connectivity index (χ1) is 11.6. The highest BCUT2D eigenvalue weighted by Gasteiger charge is 2.21. The van der Waals surface area contributed by atoms with Gasteiger partial charge in [-0.15, -0.1) is 0 Å². The van der Waals surface area contributed by atoms with Crippen molar-refractivity contribution in [2.45, 2.75) is 36.6 Å². The van der Waals surface area contributed by atoms with Crippen molar-refractivity contribution in [3.05, 3.63) is 59.7 Å². The molecule has 0 aliphatic carbocycles. The van der Waals surface area contributed by atoms with E-state index >= 15 is 0 Å². The maximum atomic E-state index is 12.3. The van der Waals surface area contributed by atoms with Gasteiger partial charge in [-0.25, -0.2) is 13.1 Å². The molecule has 0 saturated carbocycles. The van der Waals surface area contributed by atoms with Gasteiger partial charge in [-0.3, -0.25) is 4.18 Å². The first kappa shape index (κ1) is 19.6. The Morgan fingerprint density at radius 1 is 0.840 bits per heavy atom. The van der Waals surface area contributed by atoms with Gasteiger partial charge in [-0.05, 0) is 45.0 Å². The quantitative estimate of drug-likeness (QED) is 0.742. The van der Waals surface area contributed by atoms with E-state index in [4.69, 9.17) is 4.18 Å². The second-order valence-electron chi connectivity index (χ2n) is 5.89. The fourth-order valence-electron chi connectivity index (χ4n) is 2.05. The first-order valence-corrected chi connectivity index (χ1v) is 10.5. The highest BCUT2D eigenvalue weighted by Crippen LogP contribution is 2.14. The fourth-order valence-corrected chi connectivity index (χ4v) is 4.27. The van der Waals surface area contributed by atoms with Gasteiger partial charge in [-0.2, -0.15) is 8.42 Å². The molecule has 2 aromatic carbocycles. The van der Waals surface area contributed by atoms with Gasteiger partial charge in [-0.1, -0.05) is 35.4 Å². The smallest absolute Gasteiger partial charge is 0.265 e. The summed E-state index contributed by atoms with van der Waals surface area (Å²) in [4.78, 5) is 0.151. The van der Waals surface area contributed by atoms with Gasteiger partial charge < -0.3 is 0 Å². The number of hydrogen-bond acceptors (Lipinski definition) is 5. The molecule has 0 amide bonds. The predicted octanol–water partition coefficient (Wildman–Crippen LogP) is 2.38. The zero-order valence-corrected chi connectivity index (χ0v) is 15.9. The third-order valence-electron chi connectivity index (χ3n) is 3.47. The van der Waals surface area contributed by atoms with E-state index in [1.165, 1.54) is 31.2 Å². The summed E-state index contributed by atoms with van der Waals surface area (Å²) in [6.45, 7) is 4.94. The molecule has 6 nitrogen and oxygen atoms in total. The molecule has 2 aromatic rings. The van der Waals surface area contributed by atoms with Crippen LogP contribution in [0.5, 0.6) is 0 Å². The van der Waals surface area contributed by atoms with Crippen molar-refractivity contribution in [2.24, 2.45) is 0 Å². The van der Waals surface area contributed by atoms with Gasteiger partial charge in [0.05, 0.1) is 16.4 Å². The van der Waals surface area contributed by atoms with E-state index in [9.17, 15) is 16.8 Å². The summed E-state index contributed by atoms with van der Waals surface area (Å²) in [7, 11) is -7.67. The molecular weight excluding hydrogens is 362 g/mol. The fraction of sp³-hybridized carbons (Fsp3) is 0.294. The Kier molecular flexibility index (Phi) is 5.99. The van der Waals surface area contributed by atoms with Crippen molar-refractivity contribution >= 4 is 20.1 Å². The molecule has 0 radical (unpaired) electrons. The Balaban J connectivity index is 2.01. The second-order valence-corrected chi connectivity index (χ2v) is 9.22. The number of aryl methyl sites for hydroxylation is 2. The molecular formula is C17H21NO5S2. The van der Waals surface area contributed by atoms with Gasteiger partial charge in [0.15, 0.2) is 0 Å². The molecule has 1 atom stereocenters. The van der Waals surface area contributed by atoms with Crippen LogP contribution in [0.15, 0.2) is 58.3 Å². The minimum Gasteiger partial charge on any atom is -0.265 e. The lowest BCUT2D eigenvalue weighted by Crippen LogP contribution is -2.36. The first-order valence-electron chi connectivity index (χ1n) is 7.65. The lowest BCUT2D eigenvalue weighted by Gasteiger charge is -2.14. The molecule has 0 aromatic heterocycles. The molecule has 2 rings (SSSR count). The van der Waals surface area contributed by atoms with Crippen LogP contribution in [0, 0.1) is 13.8 Å². The second kappa shape index (κ2) is 7.65. The van der Waals surface area contributed by atoms with Crippen molar-refractivity contribution < 1.29 is 21.0 Å². The van der Waals surface area contributed by atoms with Crippen LogP contribution in [0.1, 0.15) is 18.1 Å². The molecule has 0 saturated heterocycles. The maximum Gasteiger partial charge on any atom is 0.297 e. The topological polar surface area (TPSA) is 89.5 Å². The van der Waals surface area contributed by atoms with Crippen LogP contribution in [0.4, 0.5) is 0 Å². The molecule has 0 heterocycles. The Hall–Kier alpha value is -1.74. The van der Waals surface area contributed by atoms with Gasteiger partial charge in [0.2, 0.25) is 10.0 Å². The molecule has 0 aliphatic heterocycles. The van der Waals surface area contributed by atoms with Crippen molar-refractivity contribution in [2.75, 3.05) is 6.61 Å². The minimum atomic E-state index is -3.93. The molecule has 25 heavy (non-hydrogen) atoms. The molecule has 0 bridgehead atoms. The van der Waals surface area contributed by atoms with E-state index in [1.807, 2.05) is 13.8 Å². The lowest BCUT2D eigenvalue weighted by molar-refractivity contribution is 0.290. The largest absolute Gasteiger partial charge is 0.297 e. The van der Waals surface area contributed by atoms with Crippen LogP contribution in [-0.4, -0.2) is 29.5 Å². The van der Waals surface area contributed by atoms with Gasteiger partial charge >= 0.3 is 0 Å². The number of rotatable bonds is 7. The average Bonchev–Trinajstić information content (AvgIpc) is 2.53. The Labute approximate surface area is 149 Å². The molecule has 0 spiro atoms. The summed E-state index contributed by atoms with van der Waals surface area (Å²) < 4.78 is 56.2. The predicted molar refractivity (Wildman–Crippen MR) is 95.3 cm³/mol. The van der Waals surface area contributed by atoms with Crippen LogP contribution >= 0.6 is 0 Å². The van der Waals surface area contributed by atoms with Gasteiger partial charge in [0.25, 0.3) is 10.1 Å². The van der Waals surface area contributed by atoms with Crippen LogP contribution < -0.4 is 4.72 Å². The van der Waals surface area contributed by atoms with Crippen LogP contribution in [0.3, 0.4) is 0 Å². The zero-order chi connectivity index (χ0) is 18.7. The standard InChI is InChI=1S/C17H21NO5S2/c1-13-4-8-16(9-5-13)24(19,20)18-15(3)12-23-25(21,22)17-10-6-14(2)7-11-17/h4-11,15,18H,12H2,1-3H3. The molecule has 0 aliphatic rings. The minimum absolute atomic E-state index is 0.0340. The van der Waals surface area contributed by atoms with Crippen LogP contribution in [-0.2, 0) is 24.3 Å². The van der Waals surface area contributed by atoms with E-state index in [-0.39, 0.29) is 16.4 Å². The summed E-state index contributed by atoms with van der Waals surface area (Å²) >= 11 is 0. The highest BCUT2D eigenvalue weighted by atomic mass is 32.2. The van der Waals surface area contributed by atoms with Crippen molar-refractivity contribution in [3.63, 3.8) is 0 Å². The summed E-state index contributed by atoms with van der Waals surface area (Å²) in [5.41, 5.74) is 1.87. The number of benzene rings is 2. The maximum absolute atomic E-state index is 12.3. The van der Waals surface area contributed by atoms with E-state index in [0.717, 1.165) is 11.1 Å². The normalized spacial score (nSPS) is 13.6. The summed E-state index contributed by atoms with van der Waals surface area (Å²) in [6, 6.07) is 11.9. The molecule has 136 valence electrons. The molecule has 0 fully saturated rings. The summed E-state index contributed by atoms with van der Waals surface area (Å²) in [6.07, 6.45) is 0. The van der Waals surface area contributed by atoms with Crippen LogP contribution in [0.25, 0.3) is 0 Å². The number of hydrogen-bond donors (Lipinski definition) is 1. The van der Waals surface area contributed by atoms with Crippen LogP contribution in [0.2, 0.25) is 0 Å². The van der Waals surface area contributed by atoms with Gasteiger partial charge in [0.1, 0.15) is 0 Å². The Morgan fingerprint density at radius 3 is 1.76 bits per heavy atom. The van der Waals surface area contributed by atoms with E-state index in [2.05, 4.69) is 4.72 Å². The number of sulfonamides is 1. The monoisotopic (exact) mass is 383 g/mol. The lowest BCUT2D eigenvalue weighted by atomic mass is 10.2. The van der Waals surface area contributed by atoms with E-state index < -0.39 is 26.2 Å². The van der Waals surface area contributed by atoms with Crippen molar-refractivity contribution in [1.29, 1.82) is 0 Å². The number of nitrogens with one attached hydrogen (secondary N) is 1. The third-order valence-corrected chi connectivity index (χ3v) is 6.37. The van der Waals surface area contributed by atoms with E-state index in [0.29, 0.717) is 0 Å². The summed E-state index contributed by atoms with van der Waals surface area (Å²) in [5.74, 6) is 0. The van der Waals surface area contributed by atoms with Gasteiger partial charge in [0, 0.05) is 6.04 Å². The van der Waals surface area contributed by atoms with E-state index in [1.54, 1.807) is 24.3 Å². The third kappa shape index (κ3) is 5.37. The zero-order valence-electron chi connectivity index (χ0n) is 14.3. The highest BCUT2D eigenvalue weighted by molar-refractivity contribution is 7.89. The molecule has 1 unspecified atom stereocenters. The molecule has 1 N–H and O–H groups in total. The average molecular weight is 383 g/mol. The Bertz CT molecular complexity index is 918. The summed E-state index contributed by atoms with van der Waals surface area (Å²) in [5, 5.41) is 0. The SMILES string of the molecule is Cc1ccc(S(=O)(=O)NC(C)COS(=O)(=O)c2ccc(C)cc2)cc1.